The van der Waals surface area contributed by atoms with Crippen LogP contribution in [0.3, 0.4) is 0 Å². The molecule has 1 fully saturated rings. The van der Waals surface area contributed by atoms with Crippen molar-refractivity contribution in [3.63, 3.8) is 0 Å². The van der Waals surface area contributed by atoms with Crippen LogP contribution >= 0.6 is 0 Å². The van der Waals surface area contributed by atoms with E-state index in [9.17, 15) is 0 Å². The Morgan fingerprint density at radius 3 is 2.57 bits per heavy atom. The molecular formula is C7H12. The lowest BCUT2D eigenvalue weighted by Gasteiger charge is -1.94. The molecule has 0 radical (unpaired) electrons. The van der Waals surface area contributed by atoms with E-state index in [1.54, 1.807) is 0 Å². The Morgan fingerprint density at radius 1 is 1.71 bits per heavy atom. The fourth-order valence-electron chi connectivity index (χ4n) is 0.601. The third-order valence-electron chi connectivity index (χ3n) is 0.960. The van der Waals surface area contributed by atoms with Gasteiger partial charge in [-0.3, -0.25) is 0 Å². The van der Waals surface area contributed by atoms with Crippen LogP contribution in [0.2, 0.25) is 0 Å². The van der Waals surface area contributed by atoms with E-state index < -0.39 is 18.6 Å². The molecule has 1 aliphatic rings. The Hall–Kier alpha value is -0.260. The lowest BCUT2D eigenvalue weighted by atomic mass is 10.1. The molecular weight excluding hydrogens is 84.1 g/mol. The summed E-state index contributed by atoms with van der Waals surface area (Å²) in [6.45, 7) is 3.34. The molecule has 0 unspecified atom stereocenters. The van der Waals surface area contributed by atoms with E-state index in [1.165, 1.54) is 0 Å². The van der Waals surface area contributed by atoms with E-state index in [1.807, 2.05) is 0 Å². The molecule has 0 atom stereocenters. The van der Waals surface area contributed by atoms with Gasteiger partial charge in [0.25, 0.3) is 0 Å². The Balaban J connectivity index is 3.13. The van der Waals surface area contributed by atoms with Gasteiger partial charge in [0, 0.05) is 6.85 Å². The van der Waals surface area contributed by atoms with Crippen LogP contribution in [-0.2, 0) is 0 Å². The smallest absolute Gasteiger partial charge is 0.0346 e. The van der Waals surface area contributed by atoms with Crippen molar-refractivity contribution in [1.82, 2.24) is 0 Å². The van der Waals surface area contributed by atoms with Gasteiger partial charge < -0.3 is 0 Å². The van der Waals surface area contributed by atoms with E-state index >= 15 is 0 Å². The maximum absolute atomic E-state index is 7.67. The highest BCUT2D eigenvalue weighted by Crippen LogP contribution is 2.24. The topological polar surface area (TPSA) is 0 Å². The number of hydrogen-bond donors (Lipinski definition) is 0. The Kier molecular flexibility index (Phi) is 0.495. The molecule has 0 heteroatoms. The highest BCUT2D eigenvalue weighted by molar-refractivity contribution is 4.82. The molecule has 0 aromatic carbocycles. The monoisotopic (exact) mass is 101 g/mol. The molecule has 0 heterocycles. The molecule has 0 N–H and O–H groups in total. The molecule has 0 saturated heterocycles. The highest BCUT2D eigenvalue weighted by Gasteiger charge is 2.09. The molecule has 1 aliphatic carbocycles. The second-order valence-electron chi connectivity index (χ2n) is 1.47. The summed E-state index contributed by atoms with van der Waals surface area (Å²) < 4.78 is 37.5. The molecule has 7 heavy (non-hydrogen) atoms. The van der Waals surface area contributed by atoms with Crippen LogP contribution in [0.25, 0.3) is 0 Å². The minimum atomic E-state index is -1.79. The summed E-state index contributed by atoms with van der Waals surface area (Å²) >= 11 is 0. The number of hydrogen-bond acceptors (Lipinski definition) is 0. The molecule has 0 spiro atoms. The third-order valence-corrected chi connectivity index (χ3v) is 0.960. The van der Waals surface area contributed by atoms with Crippen LogP contribution in [0.5, 0.6) is 0 Å². The fraction of sp³-hybridized carbons (Fsp3) is 0.714. The van der Waals surface area contributed by atoms with E-state index in [-0.39, 0.29) is 12.8 Å². The van der Waals surface area contributed by atoms with Crippen LogP contribution in [0.15, 0.2) is 12.7 Å². The fourth-order valence-corrected chi connectivity index (χ4v) is 0.601. The molecule has 0 aliphatic heterocycles. The standard InChI is InChI=1S/C7H12/c1-2-7-5-3-4-6-7/h2,7H,1,3-6H2/i5D2,6D2,7D. The normalized spacial score (nSPS) is 52.3. The maximum atomic E-state index is 7.67. The molecule has 1 rings (SSSR count). The largest absolute Gasteiger partial charge is 0.103 e. The van der Waals surface area contributed by atoms with Gasteiger partial charge >= 0.3 is 0 Å². The van der Waals surface area contributed by atoms with Gasteiger partial charge in [0.1, 0.15) is 0 Å². The van der Waals surface area contributed by atoms with Gasteiger partial charge in [-0.05, 0) is 18.6 Å². The van der Waals surface area contributed by atoms with Crippen LogP contribution in [-0.4, -0.2) is 0 Å². The van der Waals surface area contributed by atoms with Crippen molar-refractivity contribution >= 4 is 0 Å². The van der Waals surface area contributed by atoms with Gasteiger partial charge in [-0.25, -0.2) is 0 Å². The van der Waals surface area contributed by atoms with Crippen molar-refractivity contribution in [2.75, 3.05) is 0 Å². The molecule has 0 amide bonds. The molecule has 1 saturated carbocycles. The van der Waals surface area contributed by atoms with Crippen molar-refractivity contribution in [3.05, 3.63) is 12.7 Å². The summed E-state index contributed by atoms with van der Waals surface area (Å²) in [5, 5.41) is 0. The minimum Gasteiger partial charge on any atom is -0.103 e. The van der Waals surface area contributed by atoms with Gasteiger partial charge in [-0.15, -0.1) is 6.58 Å². The lowest BCUT2D eigenvalue weighted by Crippen LogP contribution is -1.81. The first-order valence-electron chi connectivity index (χ1n) is 4.90. The van der Waals surface area contributed by atoms with Crippen LogP contribution in [0.1, 0.15) is 32.4 Å². The summed E-state index contributed by atoms with van der Waals surface area (Å²) in [5.74, 6) is -1.79. The summed E-state index contributed by atoms with van der Waals surface area (Å²) in [6, 6.07) is 0. The molecule has 40 valence electrons. The summed E-state index contributed by atoms with van der Waals surface area (Å²) in [5.41, 5.74) is 0. The van der Waals surface area contributed by atoms with Crippen molar-refractivity contribution < 1.29 is 6.85 Å². The summed E-state index contributed by atoms with van der Waals surface area (Å²) in [4.78, 5) is 0. The highest BCUT2D eigenvalue weighted by atomic mass is 14.1. The van der Waals surface area contributed by atoms with Crippen molar-refractivity contribution in [2.24, 2.45) is 5.89 Å². The van der Waals surface area contributed by atoms with Gasteiger partial charge in [-0.1, -0.05) is 18.9 Å². The van der Waals surface area contributed by atoms with Crippen molar-refractivity contribution in [2.45, 2.75) is 25.6 Å². The molecule has 0 bridgehead atoms. The Bertz CT molecular complexity index is 192. The Morgan fingerprint density at radius 2 is 2.29 bits per heavy atom. The van der Waals surface area contributed by atoms with Gasteiger partial charge in [0.05, 0.1) is 0 Å². The third kappa shape index (κ3) is 1.05. The lowest BCUT2D eigenvalue weighted by molar-refractivity contribution is 0.688. The molecule has 0 aromatic heterocycles. The quantitative estimate of drug-likeness (QED) is 0.445. The first-order valence-corrected chi connectivity index (χ1v) is 2.40. The zero-order valence-electron chi connectivity index (χ0n) is 9.20. The molecule has 0 nitrogen and oxygen atoms in total. The van der Waals surface area contributed by atoms with Gasteiger partial charge in [0.2, 0.25) is 0 Å². The number of rotatable bonds is 1. The first kappa shape index (κ1) is 1.61. The predicted octanol–water partition coefficient (Wildman–Crippen LogP) is 2.36. The van der Waals surface area contributed by atoms with E-state index in [4.69, 9.17) is 6.85 Å². The van der Waals surface area contributed by atoms with E-state index in [0.29, 0.717) is 0 Å². The van der Waals surface area contributed by atoms with Crippen LogP contribution in [0.4, 0.5) is 0 Å². The van der Waals surface area contributed by atoms with Crippen LogP contribution in [0, 0.1) is 5.89 Å². The first-order chi connectivity index (χ1) is 5.27. The maximum Gasteiger partial charge on any atom is 0.0346 e. The average molecular weight is 101 g/mol. The molecule has 0 aromatic rings. The summed E-state index contributed by atoms with van der Waals surface area (Å²) in [7, 11) is 0. The average Bonchev–Trinajstić information content (AvgIpc) is 2.12. The predicted molar refractivity (Wildman–Crippen MR) is 32.2 cm³/mol. The van der Waals surface area contributed by atoms with Crippen molar-refractivity contribution in [3.8, 4) is 0 Å². The second-order valence-corrected chi connectivity index (χ2v) is 1.47. The van der Waals surface area contributed by atoms with Crippen molar-refractivity contribution in [1.29, 1.82) is 0 Å². The Labute approximate surface area is 52.3 Å². The second kappa shape index (κ2) is 2.15. The van der Waals surface area contributed by atoms with Crippen LogP contribution < -0.4 is 0 Å². The minimum absolute atomic E-state index is 0.0928. The van der Waals surface area contributed by atoms with Gasteiger partial charge in [-0.2, -0.15) is 0 Å². The summed E-state index contributed by atoms with van der Waals surface area (Å²) in [6.07, 6.45) is -2.32. The number of allylic oxidation sites excluding steroid dienone is 1. The van der Waals surface area contributed by atoms with E-state index in [2.05, 4.69) is 6.58 Å². The zero-order chi connectivity index (χ0) is 9.62. The SMILES string of the molecule is [2H]C1([2H])CCC([2H])([2H])C1([2H])C=C. The zero-order valence-corrected chi connectivity index (χ0v) is 4.20. The van der Waals surface area contributed by atoms with Gasteiger partial charge in [0.15, 0.2) is 0 Å². The van der Waals surface area contributed by atoms with E-state index in [0.717, 1.165) is 6.08 Å².